The zero-order valence-corrected chi connectivity index (χ0v) is 61.9. The van der Waals surface area contributed by atoms with E-state index in [1.807, 2.05) is 6.07 Å². The van der Waals surface area contributed by atoms with Gasteiger partial charge in [-0.3, -0.25) is 19.6 Å². The highest BCUT2D eigenvalue weighted by Crippen LogP contribution is 2.38. The number of aryl methyl sites for hydroxylation is 2. The number of nitrogens with one attached hydrogen (secondary N) is 5. The van der Waals surface area contributed by atoms with Crippen LogP contribution in [-0.2, 0) is 12.8 Å². The summed E-state index contributed by atoms with van der Waals surface area (Å²) in [4.78, 5) is 28.8. The van der Waals surface area contributed by atoms with Crippen LogP contribution in [0.2, 0.25) is 0 Å². The quantitative estimate of drug-likeness (QED) is 0.0512. The molecule has 0 spiro atoms. The fourth-order valence-corrected chi connectivity index (χ4v) is 17.2. The van der Waals surface area contributed by atoms with Gasteiger partial charge in [0.25, 0.3) is 0 Å². The zero-order chi connectivity index (χ0) is 69.9. The van der Waals surface area contributed by atoms with Crippen molar-refractivity contribution in [1.82, 2.24) is 45.2 Å². The molecule has 10 aromatic rings. The Labute approximate surface area is 607 Å². The molecule has 102 heavy (non-hydrogen) atoms. The topological polar surface area (TPSA) is 94.1 Å². The Hall–Kier alpha value is -8.01. The summed E-state index contributed by atoms with van der Waals surface area (Å²) in [6, 6.07) is 60.5. The Morgan fingerprint density at radius 2 is 1.07 bits per heavy atom. The summed E-state index contributed by atoms with van der Waals surface area (Å²) < 4.78 is 13.6. The molecular weight excluding hydrogens is 1260 g/mol. The van der Waals surface area contributed by atoms with Gasteiger partial charge in [-0.2, -0.15) is 0 Å². The predicted octanol–water partition coefficient (Wildman–Crippen LogP) is 17.1. The van der Waals surface area contributed by atoms with Crippen LogP contribution in [0.4, 0.5) is 21.5 Å². The Bertz CT molecular complexity index is 4330. The first-order valence-corrected chi connectivity index (χ1v) is 39.0. The van der Waals surface area contributed by atoms with E-state index in [9.17, 15) is 4.39 Å². The second-order valence-corrected chi connectivity index (χ2v) is 30.7. The lowest BCUT2D eigenvalue weighted by Crippen LogP contribution is -2.51. The molecule has 5 saturated heterocycles. The number of benzene rings is 7. The Balaban J connectivity index is 0.000000130. The van der Waals surface area contributed by atoms with Crippen LogP contribution in [0, 0.1) is 25.6 Å². The summed E-state index contributed by atoms with van der Waals surface area (Å²) in [6.45, 7) is 34.8. The lowest BCUT2D eigenvalue weighted by atomic mass is 9.90. The van der Waals surface area contributed by atoms with Crippen molar-refractivity contribution >= 4 is 61.4 Å². The first-order valence-electron chi connectivity index (χ1n) is 39.0. The highest BCUT2D eigenvalue weighted by atomic mass is 19.1. The number of piperidine rings is 3. The number of hydrogen-bond donors (Lipinski definition) is 5. The van der Waals surface area contributed by atoms with Crippen LogP contribution in [0.25, 0.3) is 66.9 Å². The number of allylic oxidation sites excluding steroid dienone is 1. The van der Waals surface area contributed by atoms with E-state index < -0.39 is 0 Å². The van der Waals surface area contributed by atoms with Crippen LogP contribution >= 0.6 is 0 Å². The molecule has 12 nitrogen and oxygen atoms in total. The van der Waals surface area contributed by atoms with E-state index in [1.165, 1.54) is 222 Å². The minimum absolute atomic E-state index is 0.158. The number of piperazine rings is 2. The number of aromatic nitrogens is 3. The zero-order valence-electron chi connectivity index (χ0n) is 61.9. The Kier molecular flexibility index (Phi) is 23.4. The molecule has 5 aliphatic heterocycles. The molecule has 0 amide bonds. The van der Waals surface area contributed by atoms with E-state index in [4.69, 9.17) is 0 Å². The van der Waals surface area contributed by atoms with E-state index in [1.54, 1.807) is 12.1 Å². The lowest BCUT2D eigenvalue weighted by Gasteiger charge is -2.38. The summed E-state index contributed by atoms with van der Waals surface area (Å²) in [5, 5.41) is 11.7. The maximum Gasteiger partial charge on any atom is 0.123 e. The maximum atomic E-state index is 13.6. The van der Waals surface area contributed by atoms with Gasteiger partial charge in [-0.1, -0.05) is 103 Å². The smallest absolute Gasteiger partial charge is 0.123 e. The molecule has 0 radical (unpaired) electrons. The van der Waals surface area contributed by atoms with Gasteiger partial charge >= 0.3 is 0 Å². The molecule has 0 atom stereocenters. The van der Waals surface area contributed by atoms with Crippen molar-refractivity contribution in [2.75, 3.05) is 133 Å². The summed E-state index contributed by atoms with van der Waals surface area (Å²) in [6.07, 6.45) is 16.4. The lowest BCUT2D eigenvalue weighted by molar-refractivity contribution is 0.108. The van der Waals surface area contributed by atoms with Gasteiger partial charge in [-0.25, -0.2) is 4.39 Å². The number of fused-ring (bicyclic) bond motifs is 4. The van der Waals surface area contributed by atoms with Gasteiger partial charge in [-0.05, 0) is 217 Å². The van der Waals surface area contributed by atoms with Gasteiger partial charge in [-0.15, -0.1) is 0 Å². The summed E-state index contributed by atoms with van der Waals surface area (Å²) in [5.41, 5.74) is 21.7. The minimum atomic E-state index is -0.158. The number of aromatic amines is 3. The Morgan fingerprint density at radius 1 is 0.500 bits per heavy atom. The van der Waals surface area contributed by atoms with E-state index in [0.29, 0.717) is 24.2 Å². The van der Waals surface area contributed by atoms with Crippen molar-refractivity contribution < 1.29 is 4.39 Å². The van der Waals surface area contributed by atoms with E-state index in [-0.39, 0.29) is 5.82 Å². The summed E-state index contributed by atoms with van der Waals surface area (Å²) in [7, 11) is 0. The Morgan fingerprint density at radius 3 is 1.71 bits per heavy atom. The van der Waals surface area contributed by atoms with Gasteiger partial charge in [0.2, 0.25) is 0 Å². The summed E-state index contributed by atoms with van der Waals surface area (Å²) >= 11 is 0. The molecule has 0 unspecified atom stereocenters. The third-order valence-corrected chi connectivity index (χ3v) is 23.7. The third-order valence-electron chi connectivity index (χ3n) is 23.7. The van der Waals surface area contributed by atoms with Gasteiger partial charge < -0.3 is 40.3 Å². The molecule has 536 valence electrons. The molecule has 5 fully saturated rings. The fraction of sp³-hybridized carbons (Fsp3) is 0.438. The fourth-order valence-electron chi connectivity index (χ4n) is 17.2. The number of anilines is 3. The molecule has 0 bridgehead atoms. The second kappa shape index (κ2) is 33.6. The summed E-state index contributed by atoms with van der Waals surface area (Å²) in [5.74, 6) is 0.667. The van der Waals surface area contributed by atoms with Crippen molar-refractivity contribution in [1.29, 1.82) is 0 Å². The highest BCUT2D eigenvalue weighted by Gasteiger charge is 2.27. The monoisotopic (exact) mass is 1370 g/mol. The minimum Gasteiger partial charge on any atom is -0.371 e. The van der Waals surface area contributed by atoms with Crippen molar-refractivity contribution in [3.05, 3.63) is 209 Å². The van der Waals surface area contributed by atoms with Crippen molar-refractivity contribution in [2.24, 2.45) is 5.92 Å². The number of hydrogen-bond acceptors (Lipinski definition) is 9. The van der Waals surface area contributed by atoms with E-state index >= 15 is 0 Å². The average molecular weight is 1370 g/mol. The molecule has 8 heterocycles. The molecule has 13 heteroatoms. The average Bonchev–Trinajstić information content (AvgIpc) is 1.63. The molecule has 5 N–H and O–H groups in total. The number of rotatable bonds is 20. The first-order chi connectivity index (χ1) is 49.9. The number of halogens is 1. The van der Waals surface area contributed by atoms with Crippen LogP contribution in [-0.4, -0.2) is 177 Å². The molecule has 3 aromatic heterocycles. The van der Waals surface area contributed by atoms with Crippen molar-refractivity contribution in [3.8, 4) is 22.5 Å². The normalized spacial score (nSPS) is 18.0. The molecular formula is C89H113FN12. The first kappa shape index (κ1) is 71.0. The van der Waals surface area contributed by atoms with Crippen LogP contribution < -0.4 is 25.3 Å². The number of para-hydroxylation sites is 3. The largest absolute Gasteiger partial charge is 0.371 e. The maximum absolute atomic E-state index is 13.6. The van der Waals surface area contributed by atoms with Crippen molar-refractivity contribution in [3.63, 3.8) is 0 Å². The molecule has 0 saturated carbocycles. The standard InChI is InChI=1S/C31H31FN2.2C29H41N5/c32-28-12-11-24-17-26(18-27(24)19-28)23-6-4-8-29(20-23)34-15-13-22(14-16-34)5-3-7-25-21-33-31-10-2-1-9-30(25)31;1-22(2)33-19-17-32(18-20-33)16-13-30-25-11-14-34(15-12-25)26-8-6-7-24(21-26)29-23(3)27-9-4-5-10-28(27)31-29;1-22(2)33-19-17-32(18-20-33)16-13-30-25-11-14-34(15-12-25)29-10-6-8-26(23(29)3)28-21-24-7-4-5-9-27(24)31-28/h1-2,4,6,8-12,18-22,33H,3,5,7,13-17H2;2*4-10,21-22,25,30-31H,11-20H2,1-3H3. The molecule has 6 aliphatic rings. The second-order valence-electron chi connectivity index (χ2n) is 30.7. The van der Waals surface area contributed by atoms with Gasteiger partial charge in [0, 0.05) is 220 Å². The van der Waals surface area contributed by atoms with Crippen LogP contribution in [0.5, 0.6) is 0 Å². The predicted molar refractivity (Wildman–Crippen MR) is 430 cm³/mol. The molecule has 1 aliphatic carbocycles. The third kappa shape index (κ3) is 17.4. The van der Waals surface area contributed by atoms with Crippen LogP contribution in [0.1, 0.15) is 112 Å². The van der Waals surface area contributed by atoms with Gasteiger partial charge in [0.05, 0.1) is 0 Å². The number of H-pyrrole nitrogens is 3. The van der Waals surface area contributed by atoms with Gasteiger partial charge in [0.1, 0.15) is 5.82 Å². The van der Waals surface area contributed by atoms with Crippen molar-refractivity contribution in [2.45, 2.75) is 130 Å². The number of nitrogens with zero attached hydrogens (tertiary/aromatic N) is 7. The van der Waals surface area contributed by atoms with E-state index in [0.717, 1.165) is 76.7 Å². The van der Waals surface area contributed by atoms with Crippen LogP contribution in [0.3, 0.4) is 0 Å². The van der Waals surface area contributed by atoms with Gasteiger partial charge in [0.15, 0.2) is 0 Å². The molecule has 16 rings (SSSR count). The van der Waals surface area contributed by atoms with Crippen LogP contribution in [0.15, 0.2) is 170 Å². The highest BCUT2D eigenvalue weighted by molar-refractivity contribution is 5.92. The SMILES string of the molecule is Cc1c(-c2cc3ccccc3[nH]2)cccc1N1CCC(NCCN2CCN(C(C)C)CC2)CC1.Cc1c(-c2cccc(N3CCC(NCCN4CCN(C(C)C)CC4)CC3)c2)[nH]c2ccccc12.Fc1ccc2c(c1)C=C(c1cccc(N3CCC(CCCc4c[nH]c5ccccc45)CC3)c1)C2. The molecule has 7 aromatic carbocycles. The van der Waals surface area contributed by atoms with E-state index in [2.05, 4.69) is 259 Å².